The average molecular weight is 728 g/mol. The van der Waals surface area contributed by atoms with Gasteiger partial charge in [-0.05, 0) is 72.9 Å². The lowest BCUT2D eigenvalue weighted by Gasteiger charge is -2.37. The third-order valence-electron chi connectivity index (χ3n) is 10.8. The summed E-state index contributed by atoms with van der Waals surface area (Å²) in [4.78, 5) is 22.1. The maximum absolute atomic E-state index is 14.9. The van der Waals surface area contributed by atoms with Crippen LogP contribution in [0, 0.1) is 23.5 Å². The molecule has 13 heteroatoms. The lowest BCUT2D eigenvalue weighted by atomic mass is 9.89. The summed E-state index contributed by atoms with van der Waals surface area (Å²) in [6, 6.07) is 19.7. The van der Waals surface area contributed by atoms with Gasteiger partial charge in [-0.25, -0.2) is 23.2 Å². The lowest BCUT2D eigenvalue weighted by molar-refractivity contribution is -0.117. The molecular weight excluding hydrogens is 680 g/mol. The number of imidazole rings is 1. The Bertz CT molecular complexity index is 2010. The number of piperazine rings is 1. The van der Waals surface area contributed by atoms with Gasteiger partial charge in [-0.1, -0.05) is 33.8 Å². The van der Waals surface area contributed by atoms with E-state index in [-0.39, 0.29) is 37.1 Å². The van der Waals surface area contributed by atoms with E-state index in [2.05, 4.69) is 59.7 Å². The first-order valence-electron chi connectivity index (χ1n) is 18.3. The monoisotopic (exact) mass is 727 g/mol. The van der Waals surface area contributed by atoms with Gasteiger partial charge in [0.15, 0.2) is 6.29 Å². The van der Waals surface area contributed by atoms with Crippen molar-refractivity contribution in [2.24, 2.45) is 11.8 Å². The Hall–Kier alpha value is -5.01. The smallest absolute Gasteiger partial charge is 0.332 e. The molecule has 5 aromatic rings. The molecule has 1 unspecified atom stereocenters. The van der Waals surface area contributed by atoms with Crippen LogP contribution in [0.1, 0.15) is 45.7 Å². The first-order chi connectivity index (χ1) is 25.6. The standard InChI is InChI=1S/C40H47F2N7O4/c1-5-37(29(4)28(2)3)49-21-20-48(39(49)50)33-9-7-31(8-10-33)45-16-18-46(19-17-45)32-11-13-34(14-12-32)51-23-38-52-25-40(53-38,24-47-27-43-26-44-47)35-15-6-30(41)22-36(35)42/h6-15,20-22,26-29,37-38H,5,16-19,23-25H2,1-4H3/t29-,37+,38+,40?/m1/s1. The van der Waals surface area contributed by atoms with Gasteiger partial charge in [-0.15, -0.1) is 0 Å². The van der Waals surface area contributed by atoms with E-state index in [0.717, 1.165) is 55.7 Å². The highest BCUT2D eigenvalue weighted by atomic mass is 19.1. The predicted octanol–water partition coefficient (Wildman–Crippen LogP) is 6.43. The van der Waals surface area contributed by atoms with Crippen molar-refractivity contribution in [1.29, 1.82) is 0 Å². The largest absolute Gasteiger partial charge is 0.488 e. The van der Waals surface area contributed by atoms with Crippen LogP contribution in [-0.2, 0) is 21.6 Å². The number of hydrogen-bond donors (Lipinski definition) is 0. The molecule has 2 fully saturated rings. The molecule has 2 aliphatic rings. The van der Waals surface area contributed by atoms with Crippen molar-refractivity contribution >= 4 is 11.4 Å². The van der Waals surface area contributed by atoms with Gasteiger partial charge in [-0.3, -0.25) is 9.13 Å². The molecule has 0 radical (unpaired) electrons. The Balaban J connectivity index is 0.921. The summed E-state index contributed by atoms with van der Waals surface area (Å²) >= 11 is 0. The van der Waals surface area contributed by atoms with Crippen molar-refractivity contribution in [3.63, 3.8) is 0 Å². The third kappa shape index (κ3) is 7.72. The maximum atomic E-state index is 14.9. The Labute approximate surface area is 308 Å². The van der Waals surface area contributed by atoms with E-state index in [4.69, 9.17) is 14.2 Å². The first-order valence-corrected chi connectivity index (χ1v) is 18.3. The van der Waals surface area contributed by atoms with Crippen LogP contribution < -0.4 is 20.2 Å². The Morgan fingerprint density at radius 3 is 2.17 bits per heavy atom. The van der Waals surface area contributed by atoms with Gasteiger partial charge in [-0.2, -0.15) is 5.10 Å². The number of benzene rings is 3. The molecule has 0 spiro atoms. The fraction of sp³-hybridized carbons (Fsp3) is 0.425. The summed E-state index contributed by atoms with van der Waals surface area (Å²) < 4.78 is 52.0. The Morgan fingerprint density at radius 1 is 0.906 bits per heavy atom. The molecule has 2 aliphatic heterocycles. The summed E-state index contributed by atoms with van der Waals surface area (Å²) in [5, 5.41) is 4.14. The van der Waals surface area contributed by atoms with Crippen LogP contribution in [0.3, 0.4) is 0 Å². The Kier molecular flexibility index (Phi) is 10.7. The Morgan fingerprint density at radius 2 is 1.57 bits per heavy atom. The summed E-state index contributed by atoms with van der Waals surface area (Å²) in [7, 11) is 0. The molecule has 280 valence electrons. The normalized spacial score (nSPS) is 20.2. The van der Waals surface area contributed by atoms with Crippen molar-refractivity contribution in [1.82, 2.24) is 23.9 Å². The van der Waals surface area contributed by atoms with Crippen LogP contribution in [0.4, 0.5) is 20.2 Å². The van der Waals surface area contributed by atoms with Gasteiger partial charge in [0.2, 0.25) is 0 Å². The quantitative estimate of drug-likeness (QED) is 0.137. The molecule has 0 N–H and O–H groups in total. The van der Waals surface area contributed by atoms with Crippen LogP contribution in [0.15, 0.2) is 96.6 Å². The van der Waals surface area contributed by atoms with Crippen molar-refractivity contribution in [3.05, 3.63) is 119 Å². The van der Waals surface area contributed by atoms with Crippen molar-refractivity contribution in [3.8, 4) is 11.4 Å². The topological polar surface area (TPSA) is 91.8 Å². The molecule has 3 aromatic carbocycles. The van der Waals surface area contributed by atoms with Gasteiger partial charge < -0.3 is 24.0 Å². The molecule has 0 aliphatic carbocycles. The van der Waals surface area contributed by atoms with Crippen molar-refractivity contribution in [2.75, 3.05) is 49.2 Å². The number of ether oxygens (including phenoxy) is 3. The highest BCUT2D eigenvalue weighted by Crippen LogP contribution is 2.37. The van der Waals surface area contributed by atoms with Gasteiger partial charge in [0.1, 0.15) is 42.2 Å². The minimum absolute atomic E-state index is 0.00212. The number of halogens is 2. The highest BCUT2D eigenvalue weighted by molar-refractivity contribution is 5.55. The van der Waals surface area contributed by atoms with E-state index in [1.54, 1.807) is 4.57 Å². The van der Waals surface area contributed by atoms with E-state index in [1.165, 1.54) is 29.5 Å². The zero-order valence-corrected chi connectivity index (χ0v) is 30.6. The number of anilines is 2. The molecule has 4 heterocycles. The molecule has 11 nitrogen and oxygen atoms in total. The second-order valence-electron chi connectivity index (χ2n) is 14.3. The SMILES string of the molecule is CC[C@@H]([C@H](C)C(C)C)n1ccn(-c2ccc(N3CCN(c4ccc(OC[C@H]5OCC(Cn6cncn6)(c6ccc(F)cc6F)O5)cc4)CC3)cc2)c1=O. The minimum atomic E-state index is -1.23. The molecule has 4 atom stereocenters. The number of nitrogens with zero attached hydrogens (tertiary/aromatic N) is 7. The van der Waals surface area contributed by atoms with E-state index in [0.29, 0.717) is 17.6 Å². The van der Waals surface area contributed by atoms with E-state index < -0.39 is 23.5 Å². The summed E-state index contributed by atoms with van der Waals surface area (Å²) in [5.74, 6) is 0.150. The second-order valence-corrected chi connectivity index (χ2v) is 14.3. The summed E-state index contributed by atoms with van der Waals surface area (Å²) in [6.07, 6.45) is 6.83. The zero-order chi connectivity index (χ0) is 37.1. The molecule has 0 amide bonds. The van der Waals surface area contributed by atoms with Crippen LogP contribution in [0.25, 0.3) is 5.69 Å². The van der Waals surface area contributed by atoms with E-state index >= 15 is 0 Å². The molecular formula is C40H47F2N7O4. The zero-order valence-electron chi connectivity index (χ0n) is 30.6. The molecule has 2 saturated heterocycles. The number of rotatable bonds is 13. The number of hydrogen-bond acceptors (Lipinski definition) is 8. The lowest BCUT2D eigenvalue weighted by Crippen LogP contribution is -2.46. The molecule has 0 saturated carbocycles. The third-order valence-corrected chi connectivity index (χ3v) is 10.8. The molecule has 0 bridgehead atoms. The van der Waals surface area contributed by atoms with Gasteiger partial charge in [0.05, 0.1) is 18.8 Å². The summed E-state index contributed by atoms with van der Waals surface area (Å²) in [6.45, 7) is 12.5. The van der Waals surface area contributed by atoms with Gasteiger partial charge in [0.25, 0.3) is 0 Å². The fourth-order valence-electron chi connectivity index (χ4n) is 7.44. The van der Waals surface area contributed by atoms with Gasteiger partial charge in [0, 0.05) is 67.6 Å². The first kappa shape index (κ1) is 36.4. The minimum Gasteiger partial charge on any atom is -0.488 e. The molecule has 2 aromatic heterocycles. The number of aromatic nitrogens is 5. The van der Waals surface area contributed by atoms with E-state index in [9.17, 15) is 13.6 Å². The highest BCUT2D eigenvalue weighted by Gasteiger charge is 2.45. The van der Waals surface area contributed by atoms with E-state index in [1.807, 2.05) is 53.4 Å². The van der Waals surface area contributed by atoms with Crippen LogP contribution in [0.5, 0.6) is 5.75 Å². The van der Waals surface area contributed by atoms with Crippen LogP contribution in [0.2, 0.25) is 0 Å². The average Bonchev–Trinajstić information content (AvgIpc) is 3.93. The maximum Gasteiger partial charge on any atom is 0.332 e. The molecule has 53 heavy (non-hydrogen) atoms. The fourth-order valence-corrected chi connectivity index (χ4v) is 7.44. The molecule has 7 rings (SSSR count). The predicted molar refractivity (Wildman–Crippen MR) is 199 cm³/mol. The van der Waals surface area contributed by atoms with Crippen molar-refractivity contribution in [2.45, 2.75) is 58.6 Å². The second kappa shape index (κ2) is 15.5. The van der Waals surface area contributed by atoms with Crippen molar-refractivity contribution < 1.29 is 23.0 Å². The summed E-state index contributed by atoms with van der Waals surface area (Å²) in [5.41, 5.74) is 2.04. The van der Waals surface area contributed by atoms with Crippen LogP contribution in [-0.4, -0.2) is 69.6 Å². The van der Waals surface area contributed by atoms with Crippen LogP contribution >= 0.6 is 0 Å². The van der Waals surface area contributed by atoms with Gasteiger partial charge >= 0.3 is 5.69 Å².